The molecular formula is C22H18ClF2N5O4. The SMILES string of the molecule is Cc1ccc(-c2nn3c(c2C(N)=O)CN(C(=O)Nc2ccc4c(c2)OC(F)(F)O4)CC3)cc1Cl. The molecule has 0 saturated heterocycles. The van der Waals surface area contributed by atoms with Gasteiger partial charge in [0.2, 0.25) is 0 Å². The molecule has 0 bridgehead atoms. The smallest absolute Gasteiger partial charge is 0.395 e. The van der Waals surface area contributed by atoms with Crippen LogP contribution in [0.1, 0.15) is 21.6 Å². The van der Waals surface area contributed by atoms with Crippen LogP contribution in [0.25, 0.3) is 11.3 Å². The van der Waals surface area contributed by atoms with Gasteiger partial charge in [0.25, 0.3) is 5.91 Å². The Hall–Kier alpha value is -3.86. The first-order valence-electron chi connectivity index (χ1n) is 10.2. The maximum atomic E-state index is 13.2. The van der Waals surface area contributed by atoms with Gasteiger partial charge in [-0.3, -0.25) is 9.48 Å². The number of urea groups is 1. The van der Waals surface area contributed by atoms with Crippen molar-refractivity contribution in [1.82, 2.24) is 14.7 Å². The number of aryl methyl sites for hydroxylation is 1. The Morgan fingerprint density at radius 1 is 1.15 bits per heavy atom. The fraction of sp³-hybridized carbons (Fsp3) is 0.227. The van der Waals surface area contributed by atoms with E-state index >= 15 is 0 Å². The number of carbonyl (C=O) groups excluding carboxylic acids is 2. The van der Waals surface area contributed by atoms with Gasteiger partial charge in [0.15, 0.2) is 11.5 Å². The molecule has 5 rings (SSSR count). The molecule has 3 heterocycles. The predicted octanol–water partition coefficient (Wildman–Crippen LogP) is 3.98. The number of halogens is 3. The predicted molar refractivity (Wildman–Crippen MR) is 118 cm³/mol. The van der Waals surface area contributed by atoms with E-state index in [0.717, 1.165) is 5.56 Å². The Morgan fingerprint density at radius 2 is 1.91 bits per heavy atom. The van der Waals surface area contributed by atoms with E-state index in [1.165, 1.54) is 23.1 Å². The van der Waals surface area contributed by atoms with Crippen LogP contribution in [0.4, 0.5) is 19.3 Å². The summed E-state index contributed by atoms with van der Waals surface area (Å²) in [6.45, 7) is 2.56. The molecular weight excluding hydrogens is 472 g/mol. The van der Waals surface area contributed by atoms with E-state index in [4.69, 9.17) is 17.3 Å². The summed E-state index contributed by atoms with van der Waals surface area (Å²) in [5.74, 6) is -0.983. The normalized spacial score (nSPS) is 15.7. The number of anilines is 1. The third-order valence-corrected chi connectivity index (χ3v) is 6.02. The Bertz CT molecular complexity index is 1340. The average molecular weight is 490 g/mol. The minimum absolute atomic E-state index is 0.0688. The lowest BCUT2D eigenvalue weighted by molar-refractivity contribution is -0.286. The number of carbonyl (C=O) groups is 2. The highest BCUT2D eigenvalue weighted by Crippen LogP contribution is 2.42. The van der Waals surface area contributed by atoms with E-state index in [0.29, 0.717) is 35.1 Å². The molecule has 0 fully saturated rings. The number of nitrogens with two attached hydrogens (primary N) is 1. The number of benzene rings is 2. The number of ether oxygens (including phenoxy) is 2. The molecule has 2 aromatic carbocycles. The number of hydrogen-bond donors (Lipinski definition) is 2. The zero-order valence-corrected chi connectivity index (χ0v) is 18.5. The number of nitrogens with one attached hydrogen (secondary N) is 1. The van der Waals surface area contributed by atoms with Crippen LogP contribution in [0.2, 0.25) is 5.02 Å². The zero-order valence-electron chi connectivity index (χ0n) is 17.8. The zero-order chi connectivity index (χ0) is 24.2. The van der Waals surface area contributed by atoms with Crippen molar-refractivity contribution in [2.75, 3.05) is 11.9 Å². The monoisotopic (exact) mass is 489 g/mol. The Labute approximate surface area is 197 Å². The van der Waals surface area contributed by atoms with Crippen molar-refractivity contribution in [3.63, 3.8) is 0 Å². The van der Waals surface area contributed by atoms with Crippen LogP contribution >= 0.6 is 11.6 Å². The Morgan fingerprint density at radius 3 is 2.65 bits per heavy atom. The van der Waals surface area contributed by atoms with E-state index in [-0.39, 0.29) is 29.3 Å². The van der Waals surface area contributed by atoms with Gasteiger partial charge < -0.3 is 25.4 Å². The maximum Gasteiger partial charge on any atom is 0.586 e. The summed E-state index contributed by atoms with van der Waals surface area (Å²) in [5.41, 5.74) is 8.53. The quantitative estimate of drug-likeness (QED) is 0.578. The van der Waals surface area contributed by atoms with Gasteiger partial charge >= 0.3 is 12.3 Å². The van der Waals surface area contributed by atoms with Gasteiger partial charge in [0.05, 0.1) is 24.3 Å². The van der Waals surface area contributed by atoms with E-state index in [1.54, 1.807) is 16.8 Å². The largest absolute Gasteiger partial charge is 0.586 e. The van der Waals surface area contributed by atoms with Gasteiger partial charge in [-0.15, -0.1) is 8.78 Å². The maximum absolute atomic E-state index is 13.2. The van der Waals surface area contributed by atoms with Crippen LogP contribution in [0.5, 0.6) is 11.5 Å². The highest BCUT2D eigenvalue weighted by Gasteiger charge is 2.43. The van der Waals surface area contributed by atoms with Crippen LogP contribution in [0, 0.1) is 6.92 Å². The number of alkyl halides is 2. The van der Waals surface area contributed by atoms with Crippen molar-refractivity contribution in [3.05, 3.63) is 58.2 Å². The lowest BCUT2D eigenvalue weighted by Crippen LogP contribution is -2.41. The fourth-order valence-electron chi connectivity index (χ4n) is 3.92. The van der Waals surface area contributed by atoms with Gasteiger partial charge in [0.1, 0.15) is 5.69 Å². The molecule has 0 radical (unpaired) electrons. The third-order valence-electron chi connectivity index (χ3n) is 5.61. The highest BCUT2D eigenvalue weighted by atomic mass is 35.5. The summed E-state index contributed by atoms with van der Waals surface area (Å²) in [6, 6.07) is 8.79. The van der Waals surface area contributed by atoms with E-state index in [9.17, 15) is 18.4 Å². The molecule has 0 aliphatic carbocycles. The molecule has 3 aromatic rings. The molecule has 0 unspecified atom stereocenters. The second-order valence-corrected chi connectivity index (χ2v) is 8.31. The fourth-order valence-corrected chi connectivity index (χ4v) is 4.10. The van der Waals surface area contributed by atoms with E-state index in [2.05, 4.69) is 19.9 Å². The molecule has 9 nitrogen and oxygen atoms in total. The third kappa shape index (κ3) is 3.87. The van der Waals surface area contributed by atoms with E-state index in [1.807, 2.05) is 13.0 Å². The van der Waals surface area contributed by atoms with Crippen molar-refractivity contribution in [3.8, 4) is 22.8 Å². The number of amides is 3. The molecule has 12 heteroatoms. The topological polar surface area (TPSA) is 112 Å². The summed E-state index contributed by atoms with van der Waals surface area (Å²) in [5, 5.41) is 7.71. The minimum atomic E-state index is -3.75. The number of aromatic nitrogens is 2. The number of rotatable bonds is 3. The summed E-state index contributed by atoms with van der Waals surface area (Å²) in [4.78, 5) is 26.7. The summed E-state index contributed by atoms with van der Waals surface area (Å²) >= 11 is 6.24. The van der Waals surface area contributed by atoms with Crippen molar-refractivity contribution < 1.29 is 27.8 Å². The molecule has 1 aromatic heterocycles. The molecule has 3 amide bonds. The molecule has 0 spiro atoms. The van der Waals surface area contributed by atoms with Gasteiger partial charge in [-0.25, -0.2) is 4.79 Å². The highest BCUT2D eigenvalue weighted by molar-refractivity contribution is 6.31. The summed E-state index contributed by atoms with van der Waals surface area (Å²) in [6.07, 6.45) is -3.75. The van der Waals surface area contributed by atoms with Crippen LogP contribution in [0.3, 0.4) is 0 Å². The number of hydrogen-bond acceptors (Lipinski definition) is 5. The molecule has 2 aliphatic rings. The lowest BCUT2D eigenvalue weighted by atomic mass is 10.0. The van der Waals surface area contributed by atoms with Gasteiger partial charge in [-0.2, -0.15) is 5.10 Å². The lowest BCUT2D eigenvalue weighted by Gasteiger charge is -2.28. The number of fused-ring (bicyclic) bond motifs is 2. The molecule has 176 valence electrons. The molecule has 34 heavy (non-hydrogen) atoms. The Kier molecular flexibility index (Phi) is 5.08. The first-order chi connectivity index (χ1) is 16.1. The van der Waals surface area contributed by atoms with Crippen LogP contribution < -0.4 is 20.5 Å². The Balaban J connectivity index is 1.39. The summed E-state index contributed by atoms with van der Waals surface area (Å²) in [7, 11) is 0. The summed E-state index contributed by atoms with van der Waals surface area (Å²) < 4.78 is 36.9. The van der Waals surface area contributed by atoms with E-state index < -0.39 is 18.2 Å². The number of primary amides is 1. The molecule has 3 N–H and O–H groups in total. The number of nitrogens with zero attached hydrogens (tertiary/aromatic N) is 3. The van der Waals surface area contributed by atoms with Gasteiger partial charge in [-0.1, -0.05) is 23.7 Å². The second kappa shape index (κ2) is 7.87. The molecule has 0 saturated carbocycles. The second-order valence-electron chi connectivity index (χ2n) is 7.90. The van der Waals surface area contributed by atoms with Crippen LogP contribution in [-0.2, 0) is 13.1 Å². The van der Waals surface area contributed by atoms with Crippen molar-refractivity contribution in [2.45, 2.75) is 26.3 Å². The average Bonchev–Trinajstić information content (AvgIpc) is 3.30. The van der Waals surface area contributed by atoms with Gasteiger partial charge in [0, 0.05) is 28.9 Å². The molecule has 2 aliphatic heterocycles. The minimum Gasteiger partial charge on any atom is -0.395 e. The molecule has 0 atom stereocenters. The van der Waals surface area contributed by atoms with Crippen LogP contribution in [0.15, 0.2) is 36.4 Å². The van der Waals surface area contributed by atoms with Crippen molar-refractivity contribution >= 4 is 29.2 Å². The first kappa shape index (κ1) is 22.0. The van der Waals surface area contributed by atoms with Crippen molar-refractivity contribution in [1.29, 1.82) is 0 Å². The van der Waals surface area contributed by atoms with Crippen molar-refractivity contribution in [2.24, 2.45) is 5.73 Å². The standard InChI is InChI=1S/C22H18ClF2N5O4/c1-11-2-3-12(8-14(11)23)19-18(20(26)31)15-10-29(6-7-30(15)28-19)21(32)27-13-4-5-16-17(9-13)34-22(24,25)33-16/h2-5,8-9H,6-7,10H2,1H3,(H2,26,31)(H,27,32). The first-order valence-corrected chi connectivity index (χ1v) is 10.6. The van der Waals surface area contributed by atoms with Crippen LogP contribution in [-0.4, -0.2) is 39.5 Å². The van der Waals surface area contributed by atoms with Gasteiger partial charge in [-0.05, 0) is 30.7 Å².